The Morgan fingerprint density at radius 2 is 2.25 bits per heavy atom. The van der Waals surface area contributed by atoms with Crippen LogP contribution in [0.2, 0.25) is 0 Å². The van der Waals surface area contributed by atoms with Gasteiger partial charge in [0.1, 0.15) is 5.82 Å². The molecule has 2 rings (SSSR count). The molecule has 0 aliphatic heterocycles. The molecule has 1 N–H and O–H groups in total. The zero-order chi connectivity index (χ0) is 11.6. The van der Waals surface area contributed by atoms with Crippen LogP contribution in [0.15, 0.2) is 18.2 Å². The van der Waals surface area contributed by atoms with Crippen LogP contribution in [0.25, 0.3) is 0 Å². The van der Waals surface area contributed by atoms with Crippen LogP contribution in [-0.2, 0) is 0 Å². The number of pyridine rings is 1. The molecular formula is C13H20N2O. The Balaban J connectivity index is 1.87. The van der Waals surface area contributed by atoms with Crippen molar-refractivity contribution in [2.75, 3.05) is 18.5 Å². The smallest absolute Gasteiger partial charge is 0.215 e. The van der Waals surface area contributed by atoms with Gasteiger partial charge in [-0.3, -0.25) is 0 Å². The van der Waals surface area contributed by atoms with Crippen molar-refractivity contribution in [1.82, 2.24) is 4.98 Å². The molecule has 0 aromatic carbocycles. The van der Waals surface area contributed by atoms with Gasteiger partial charge in [0.05, 0.1) is 6.61 Å². The SMILES string of the molecule is CCOc1cccc(NCC2CC2(C)C)n1. The Morgan fingerprint density at radius 1 is 1.50 bits per heavy atom. The summed E-state index contributed by atoms with van der Waals surface area (Å²) < 4.78 is 5.36. The van der Waals surface area contributed by atoms with Crippen LogP contribution in [0.5, 0.6) is 5.88 Å². The molecule has 0 spiro atoms. The predicted molar refractivity (Wildman–Crippen MR) is 65.8 cm³/mol. The molecule has 1 unspecified atom stereocenters. The minimum Gasteiger partial charge on any atom is -0.478 e. The quantitative estimate of drug-likeness (QED) is 0.828. The van der Waals surface area contributed by atoms with Gasteiger partial charge in [0.2, 0.25) is 5.88 Å². The molecule has 0 bridgehead atoms. The van der Waals surface area contributed by atoms with Crippen LogP contribution < -0.4 is 10.1 Å². The minimum atomic E-state index is 0.518. The molecule has 0 saturated heterocycles. The molecule has 16 heavy (non-hydrogen) atoms. The molecule has 1 aromatic rings. The van der Waals surface area contributed by atoms with Crippen molar-refractivity contribution in [1.29, 1.82) is 0 Å². The maximum atomic E-state index is 5.36. The molecule has 1 heterocycles. The van der Waals surface area contributed by atoms with Gasteiger partial charge in [0.25, 0.3) is 0 Å². The van der Waals surface area contributed by atoms with Gasteiger partial charge in [-0.2, -0.15) is 4.98 Å². The largest absolute Gasteiger partial charge is 0.478 e. The second kappa shape index (κ2) is 4.32. The van der Waals surface area contributed by atoms with Crippen LogP contribution in [0.4, 0.5) is 5.82 Å². The molecule has 1 saturated carbocycles. The number of nitrogens with one attached hydrogen (secondary N) is 1. The second-order valence-corrected chi connectivity index (χ2v) is 5.06. The first-order valence-electron chi connectivity index (χ1n) is 5.95. The molecule has 1 atom stereocenters. The van der Waals surface area contributed by atoms with Gasteiger partial charge in [-0.1, -0.05) is 19.9 Å². The molecule has 88 valence electrons. The molecule has 0 amide bonds. The van der Waals surface area contributed by atoms with Crippen molar-refractivity contribution >= 4 is 5.82 Å². The van der Waals surface area contributed by atoms with Crippen molar-refractivity contribution < 1.29 is 4.74 Å². The van der Waals surface area contributed by atoms with Crippen LogP contribution >= 0.6 is 0 Å². The average molecular weight is 220 g/mol. The molecule has 3 nitrogen and oxygen atoms in total. The predicted octanol–water partition coefficient (Wildman–Crippen LogP) is 2.94. The fourth-order valence-corrected chi connectivity index (χ4v) is 1.89. The highest BCUT2D eigenvalue weighted by Gasteiger charge is 2.44. The fraction of sp³-hybridized carbons (Fsp3) is 0.615. The molecular weight excluding hydrogens is 200 g/mol. The zero-order valence-corrected chi connectivity index (χ0v) is 10.3. The third kappa shape index (κ3) is 2.65. The number of nitrogens with zero attached hydrogens (tertiary/aromatic N) is 1. The Kier molecular flexibility index (Phi) is 3.03. The highest BCUT2D eigenvalue weighted by Crippen LogP contribution is 2.51. The van der Waals surface area contributed by atoms with Gasteiger partial charge < -0.3 is 10.1 Å². The third-order valence-corrected chi connectivity index (χ3v) is 3.26. The van der Waals surface area contributed by atoms with Gasteiger partial charge in [-0.05, 0) is 30.7 Å². The van der Waals surface area contributed by atoms with E-state index in [1.54, 1.807) is 0 Å². The summed E-state index contributed by atoms with van der Waals surface area (Å²) in [7, 11) is 0. The molecule has 1 aliphatic rings. The molecule has 1 fully saturated rings. The first kappa shape index (κ1) is 11.2. The minimum absolute atomic E-state index is 0.518. The van der Waals surface area contributed by atoms with E-state index in [0.29, 0.717) is 17.9 Å². The first-order valence-corrected chi connectivity index (χ1v) is 5.95. The Morgan fingerprint density at radius 3 is 2.88 bits per heavy atom. The summed E-state index contributed by atoms with van der Waals surface area (Å²) in [6.45, 7) is 8.25. The van der Waals surface area contributed by atoms with E-state index in [2.05, 4.69) is 24.1 Å². The maximum Gasteiger partial charge on any atom is 0.215 e. The summed E-state index contributed by atoms with van der Waals surface area (Å²) in [6, 6.07) is 5.84. The highest BCUT2D eigenvalue weighted by molar-refractivity contribution is 5.37. The highest BCUT2D eigenvalue weighted by atomic mass is 16.5. The Hall–Kier alpha value is -1.25. The van der Waals surface area contributed by atoms with Crippen molar-refractivity contribution in [2.45, 2.75) is 27.2 Å². The van der Waals surface area contributed by atoms with E-state index in [4.69, 9.17) is 4.74 Å². The van der Waals surface area contributed by atoms with Crippen molar-refractivity contribution in [3.63, 3.8) is 0 Å². The normalized spacial score (nSPS) is 21.6. The van der Waals surface area contributed by atoms with Crippen LogP contribution in [0.3, 0.4) is 0 Å². The van der Waals surface area contributed by atoms with Gasteiger partial charge in [0, 0.05) is 12.6 Å². The van der Waals surface area contributed by atoms with E-state index in [1.165, 1.54) is 6.42 Å². The first-order chi connectivity index (χ1) is 7.62. The third-order valence-electron chi connectivity index (χ3n) is 3.26. The van der Waals surface area contributed by atoms with Crippen LogP contribution in [0, 0.1) is 11.3 Å². The lowest BCUT2D eigenvalue weighted by Gasteiger charge is -2.08. The van der Waals surface area contributed by atoms with Crippen LogP contribution in [0.1, 0.15) is 27.2 Å². The summed E-state index contributed by atoms with van der Waals surface area (Å²) in [5.74, 6) is 2.39. The summed E-state index contributed by atoms with van der Waals surface area (Å²) >= 11 is 0. The number of aromatic nitrogens is 1. The number of ether oxygens (including phenoxy) is 1. The average Bonchev–Trinajstić information content (AvgIpc) is 2.85. The molecule has 3 heteroatoms. The standard InChI is InChI=1S/C13H20N2O/c1-4-16-12-7-5-6-11(15-12)14-9-10-8-13(10,2)3/h5-7,10H,4,8-9H2,1-3H3,(H,14,15). The zero-order valence-electron chi connectivity index (χ0n) is 10.3. The summed E-state index contributed by atoms with van der Waals surface area (Å²) in [6.07, 6.45) is 1.31. The lowest BCUT2D eigenvalue weighted by atomic mass is 10.1. The van der Waals surface area contributed by atoms with Gasteiger partial charge >= 0.3 is 0 Å². The summed E-state index contributed by atoms with van der Waals surface area (Å²) in [5, 5.41) is 3.37. The van der Waals surface area contributed by atoms with E-state index in [-0.39, 0.29) is 0 Å². The van der Waals surface area contributed by atoms with Crippen molar-refractivity contribution in [3.8, 4) is 5.88 Å². The Labute approximate surface area is 97.2 Å². The monoisotopic (exact) mass is 220 g/mol. The van der Waals surface area contributed by atoms with E-state index in [1.807, 2.05) is 25.1 Å². The second-order valence-electron chi connectivity index (χ2n) is 5.06. The van der Waals surface area contributed by atoms with E-state index in [9.17, 15) is 0 Å². The number of hydrogen-bond acceptors (Lipinski definition) is 3. The van der Waals surface area contributed by atoms with E-state index < -0.39 is 0 Å². The number of hydrogen-bond donors (Lipinski definition) is 1. The summed E-state index contributed by atoms with van der Waals surface area (Å²) in [5.41, 5.74) is 0.518. The lowest BCUT2D eigenvalue weighted by Crippen LogP contribution is -2.08. The lowest BCUT2D eigenvalue weighted by molar-refractivity contribution is 0.327. The molecule has 0 radical (unpaired) electrons. The molecule has 1 aliphatic carbocycles. The van der Waals surface area contributed by atoms with Gasteiger partial charge in [0.15, 0.2) is 0 Å². The van der Waals surface area contributed by atoms with E-state index >= 15 is 0 Å². The summed E-state index contributed by atoms with van der Waals surface area (Å²) in [4.78, 5) is 4.38. The topological polar surface area (TPSA) is 34.1 Å². The van der Waals surface area contributed by atoms with E-state index in [0.717, 1.165) is 18.3 Å². The molecule has 1 aromatic heterocycles. The Bertz CT molecular complexity index is 363. The number of anilines is 1. The fourth-order valence-electron chi connectivity index (χ4n) is 1.89. The van der Waals surface area contributed by atoms with Crippen molar-refractivity contribution in [3.05, 3.63) is 18.2 Å². The van der Waals surface area contributed by atoms with Gasteiger partial charge in [-0.25, -0.2) is 0 Å². The van der Waals surface area contributed by atoms with Crippen molar-refractivity contribution in [2.24, 2.45) is 11.3 Å². The van der Waals surface area contributed by atoms with Gasteiger partial charge in [-0.15, -0.1) is 0 Å². The van der Waals surface area contributed by atoms with Crippen LogP contribution in [-0.4, -0.2) is 18.1 Å². The number of rotatable bonds is 5. The maximum absolute atomic E-state index is 5.36.